The number of carbonyl (C=O) groups excluding carboxylic acids is 3. The number of aromatic nitrogens is 3. The minimum atomic E-state index is -1.23. The van der Waals surface area contributed by atoms with Gasteiger partial charge in [0.05, 0.1) is 103 Å². The summed E-state index contributed by atoms with van der Waals surface area (Å²) in [6, 6.07) is 9.92. The largest absolute Gasteiger partial charge is 0.484 e. The number of hydrazine groups is 1. The van der Waals surface area contributed by atoms with E-state index in [9.17, 15) is 24.3 Å². The summed E-state index contributed by atoms with van der Waals surface area (Å²) in [5.41, 5.74) is 11.9. The Morgan fingerprint density at radius 3 is 2.03 bits per heavy atom. The van der Waals surface area contributed by atoms with Gasteiger partial charge in [0.15, 0.2) is 12.6 Å². The van der Waals surface area contributed by atoms with Crippen LogP contribution in [0.25, 0.3) is 0 Å². The number of amides is 3. The molecular weight excluding hydrogens is 903 g/mol. The SMILES string of the molecule is CC(C)(C)OC[C@H](NC(=O)c1ccc(Oc2cccc(OCC(=O)NCCOCCOCCOCCOCCOCCOC/C(N)=C/N(N)CCCCCCn3nccc3C(N)=O)c2)nc1)C(=O)O. The number of pyridine rings is 1. The van der Waals surface area contributed by atoms with Crippen LogP contribution >= 0.6 is 0 Å². The highest BCUT2D eigenvalue weighted by Crippen LogP contribution is 2.24. The van der Waals surface area contributed by atoms with E-state index in [-0.39, 0.29) is 43.7 Å². The minimum absolute atomic E-state index is 0.141. The highest BCUT2D eigenvalue weighted by molar-refractivity contribution is 5.96. The molecule has 0 spiro atoms. The third kappa shape index (κ3) is 27.0. The zero-order chi connectivity index (χ0) is 50.1. The summed E-state index contributed by atoms with van der Waals surface area (Å²) in [7, 11) is 0. The lowest BCUT2D eigenvalue weighted by Crippen LogP contribution is -2.45. The van der Waals surface area contributed by atoms with Crippen molar-refractivity contribution < 1.29 is 66.9 Å². The smallest absolute Gasteiger partial charge is 0.328 e. The van der Waals surface area contributed by atoms with Crippen molar-refractivity contribution in [3.8, 4) is 17.4 Å². The quantitative estimate of drug-likeness (QED) is 0.0271. The summed E-state index contributed by atoms with van der Waals surface area (Å²) in [5.74, 6) is 4.32. The van der Waals surface area contributed by atoms with Gasteiger partial charge in [-0.2, -0.15) is 5.10 Å². The first-order valence-corrected chi connectivity index (χ1v) is 22.8. The van der Waals surface area contributed by atoms with E-state index < -0.39 is 29.4 Å². The molecule has 1 atom stereocenters. The van der Waals surface area contributed by atoms with E-state index in [1.54, 1.807) is 73.2 Å². The van der Waals surface area contributed by atoms with Gasteiger partial charge in [-0.1, -0.05) is 18.9 Å². The molecule has 69 heavy (non-hydrogen) atoms. The molecule has 384 valence electrons. The number of aryl methyl sites for hydroxylation is 1. The molecule has 2 heterocycles. The Bertz CT molecular complexity index is 1960. The van der Waals surface area contributed by atoms with Crippen molar-refractivity contribution in [2.24, 2.45) is 17.3 Å². The molecule has 3 rings (SSSR count). The maximum atomic E-state index is 12.6. The van der Waals surface area contributed by atoms with Gasteiger partial charge in [-0.05, 0) is 57.9 Å². The second kappa shape index (κ2) is 33.6. The van der Waals surface area contributed by atoms with Gasteiger partial charge in [0.25, 0.3) is 17.7 Å². The Morgan fingerprint density at radius 1 is 0.797 bits per heavy atom. The first-order valence-electron chi connectivity index (χ1n) is 22.8. The van der Waals surface area contributed by atoms with E-state index in [1.807, 2.05) is 0 Å². The lowest BCUT2D eigenvalue weighted by Gasteiger charge is -2.23. The molecule has 0 saturated heterocycles. The Hall–Kier alpha value is -5.92. The molecule has 1 aromatic carbocycles. The topological polar surface area (TPSA) is 308 Å². The van der Waals surface area contributed by atoms with Gasteiger partial charge in [0.2, 0.25) is 5.88 Å². The van der Waals surface area contributed by atoms with Crippen LogP contribution in [0.1, 0.15) is 67.3 Å². The molecule has 2 aromatic heterocycles. The van der Waals surface area contributed by atoms with Crippen molar-refractivity contribution in [3.05, 3.63) is 78.0 Å². The predicted molar refractivity (Wildman–Crippen MR) is 251 cm³/mol. The fraction of sp³-hybridized carbons (Fsp3) is 0.565. The van der Waals surface area contributed by atoms with Gasteiger partial charge in [-0.3, -0.25) is 19.1 Å². The van der Waals surface area contributed by atoms with E-state index in [0.29, 0.717) is 109 Å². The normalized spacial score (nSPS) is 12.1. The lowest BCUT2D eigenvalue weighted by atomic mass is 10.2. The fourth-order valence-electron chi connectivity index (χ4n) is 5.77. The second-order valence-corrected chi connectivity index (χ2v) is 16.2. The fourth-order valence-corrected chi connectivity index (χ4v) is 5.77. The Morgan fingerprint density at radius 2 is 1.42 bits per heavy atom. The molecule has 0 fully saturated rings. The van der Waals surface area contributed by atoms with Gasteiger partial charge in [-0.25, -0.2) is 15.6 Å². The van der Waals surface area contributed by atoms with Crippen molar-refractivity contribution in [1.29, 1.82) is 0 Å². The average molecular weight is 974 g/mol. The van der Waals surface area contributed by atoms with Crippen molar-refractivity contribution in [2.45, 2.75) is 64.6 Å². The number of nitrogens with two attached hydrogens (primary N) is 3. The molecule has 23 heteroatoms. The van der Waals surface area contributed by atoms with Crippen LogP contribution in [0, 0.1) is 0 Å². The summed E-state index contributed by atoms with van der Waals surface area (Å²) in [6.07, 6.45) is 8.23. The number of carboxylic acid groups (broad SMARTS) is 1. The number of aliphatic carboxylic acids is 1. The van der Waals surface area contributed by atoms with E-state index in [0.717, 1.165) is 25.7 Å². The van der Waals surface area contributed by atoms with Crippen LogP contribution in [0.15, 0.2) is 66.8 Å². The summed E-state index contributed by atoms with van der Waals surface area (Å²) in [6.45, 7) is 11.1. The molecular formula is C46H71N9O14. The molecule has 3 amide bonds. The summed E-state index contributed by atoms with van der Waals surface area (Å²) in [4.78, 5) is 52.0. The molecule has 0 aliphatic rings. The first kappa shape index (κ1) is 57.4. The van der Waals surface area contributed by atoms with Crippen LogP contribution in [0.3, 0.4) is 0 Å². The number of benzene rings is 1. The van der Waals surface area contributed by atoms with Gasteiger partial charge < -0.3 is 74.8 Å². The van der Waals surface area contributed by atoms with Crippen molar-refractivity contribution >= 4 is 23.7 Å². The third-order valence-corrected chi connectivity index (χ3v) is 9.22. The zero-order valence-electron chi connectivity index (χ0n) is 40.0. The standard InChI is InChI=1S/C46H71N9O14/c1-46(2,3)68-33-39(45(59)60)53-44(58)35-11-12-42(51-30-35)69-38-10-8-9-37(29-38)67-34-41(56)50-15-18-61-19-20-62-21-22-63-23-24-64-25-26-65-27-28-66-32-36(47)31-54(49)16-6-4-5-7-17-55-40(43(48)57)13-14-52-55/h8-14,29-31,39H,4-7,15-28,32-34,47,49H2,1-3H3,(H2,48,57)(H,50,56)(H,53,58)(H,59,60)/b36-31-/t39-/m0/s1. The molecule has 0 unspecified atom stereocenters. The number of nitrogens with zero attached hydrogens (tertiary/aromatic N) is 4. The lowest BCUT2D eigenvalue weighted by molar-refractivity contribution is -0.142. The molecule has 23 nitrogen and oxygen atoms in total. The Labute approximate surface area is 403 Å². The number of carboxylic acids is 1. The van der Waals surface area contributed by atoms with Gasteiger partial charge in [-0.15, -0.1) is 0 Å². The monoisotopic (exact) mass is 974 g/mol. The number of ether oxygens (including phenoxy) is 9. The molecule has 0 aliphatic heterocycles. The summed E-state index contributed by atoms with van der Waals surface area (Å²) in [5, 5.41) is 20.3. The van der Waals surface area contributed by atoms with E-state index in [4.69, 9.17) is 59.9 Å². The summed E-state index contributed by atoms with van der Waals surface area (Å²) < 4.78 is 51.6. The van der Waals surface area contributed by atoms with Crippen molar-refractivity contribution in [3.63, 3.8) is 0 Å². The molecule has 0 saturated carbocycles. The number of hydrogen-bond acceptors (Lipinski definition) is 18. The maximum Gasteiger partial charge on any atom is 0.328 e. The number of unbranched alkanes of at least 4 members (excludes halogenated alkanes) is 3. The summed E-state index contributed by atoms with van der Waals surface area (Å²) >= 11 is 0. The highest BCUT2D eigenvalue weighted by Gasteiger charge is 2.24. The van der Waals surface area contributed by atoms with Crippen LogP contribution in [0.5, 0.6) is 17.4 Å². The van der Waals surface area contributed by atoms with Gasteiger partial charge in [0, 0.05) is 50.4 Å². The third-order valence-electron chi connectivity index (χ3n) is 9.22. The second-order valence-electron chi connectivity index (χ2n) is 16.2. The number of hydrogen-bond donors (Lipinski definition) is 6. The van der Waals surface area contributed by atoms with Crippen molar-refractivity contribution in [2.75, 3.05) is 106 Å². The van der Waals surface area contributed by atoms with Crippen LogP contribution in [0.4, 0.5) is 0 Å². The Balaban J connectivity index is 1.07. The van der Waals surface area contributed by atoms with E-state index >= 15 is 0 Å². The highest BCUT2D eigenvalue weighted by atomic mass is 16.6. The zero-order valence-corrected chi connectivity index (χ0v) is 40.0. The van der Waals surface area contributed by atoms with Crippen LogP contribution in [-0.2, 0) is 49.3 Å². The molecule has 0 bridgehead atoms. The first-order chi connectivity index (χ1) is 33.2. The van der Waals surface area contributed by atoms with Gasteiger partial charge >= 0.3 is 5.97 Å². The Kier molecular flexibility index (Phi) is 27.9. The number of nitrogens with one attached hydrogen (secondary N) is 2. The molecule has 9 N–H and O–H groups in total. The van der Waals surface area contributed by atoms with E-state index in [1.165, 1.54) is 18.3 Å². The predicted octanol–water partition coefficient (Wildman–Crippen LogP) is 2.00. The minimum Gasteiger partial charge on any atom is -0.484 e. The van der Waals surface area contributed by atoms with Crippen LogP contribution in [-0.4, -0.2) is 166 Å². The molecule has 0 aliphatic carbocycles. The van der Waals surface area contributed by atoms with Crippen LogP contribution in [0.2, 0.25) is 0 Å². The van der Waals surface area contributed by atoms with E-state index in [2.05, 4.69) is 20.7 Å². The number of primary amides is 1. The molecule has 3 aromatic rings. The maximum absolute atomic E-state index is 12.6. The number of rotatable bonds is 39. The number of carbonyl (C=O) groups is 4. The van der Waals surface area contributed by atoms with Crippen LogP contribution < -0.4 is 37.4 Å². The molecule has 0 radical (unpaired) electrons. The van der Waals surface area contributed by atoms with Gasteiger partial charge in [0.1, 0.15) is 17.2 Å². The average Bonchev–Trinajstić information content (AvgIpc) is 3.79. The van der Waals surface area contributed by atoms with Crippen molar-refractivity contribution in [1.82, 2.24) is 30.4 Å².